The molecule has 0 saturated heterocycles. The van der Waals surface area contributed by atoms with Gasteiger partial charge in [-0.2, -0.15) is 0 Å². The van der Waals surface area contributed by atoms with Gasteiger partial charge in [-0.05, 0) is 18.8 Å². The van der Waals surface area contributed by atoms with Crippen LogP contribution in [-0.4, -0.2) is 11.9 Å². The lowest BCUT2D eigenvalue weighted by atomic mass is 9.86. The quantitative estimate of drug-likeness (QED) is 0.642. The maximum atomic E-state index is 11.2. The second-order valence-electron chi connectivity index (χ2n) is 3.82. The number of amides is 1. The summed E-state index contributed by atoms with van der Waals surface area (Å²) in [6.45, 7) is 2.19. The third kappa shape index (κ3) is 3.10. The smallest absolute Gasteiger partial charge is 0.232 e. The minimum Gasteiger partial charge on any atom is -0.352 e. The second kappa shape index (κ2) is 4.91. The zero-order valence-corrected chi connectivity index (χ0v) is 8.18. The normalized spacial score (nSPS) is 27.7. The predicted octanol–water partition coefficient (Wildman–Crippen LogP) is 1.70. The Morgan fingerprint density at radius 2 is 2.23 bits per heavy atom. The molecule has 1 fully saturated rings. The van der Waals surface area contributed by atoms with Gasteiger partial charge in [0.25, 0.3) is 0 Å². The molecular weight excluding hydrogens is 162 g/mol. The minimum atomic E-state index is 0.00116. The average molecular weight is 179 g/mol. The van der Waals surface area contributed by atoms with Gasteiger partial charge in [-0.25, -0.2) is 0 Å². The van der Waals surface area contributed by atoms with Crippen molar-refractivity contribution in [2.75, 3.05) is 0 Å². The van der Waals surface area contributed by atoms with E-state index in [1.165, 1.54) is 19.3 Å². The summed E-state index contributed by atoms with van der Waals surface area (Å²) in [6, 6.07) is 0.356. The van der Waals surface area contributed by atoms with Gasteiger partial charge in [-0.15, -0.1) is 6.42 Å². The molecule has 13 heavy (non-hydrogen) atoms. The summed E-state index contributed by atoms with van der Waals surface area (Å²) in [5.74, 6) is 2.97. The van der Waals surface area contributed by atoms with Crippen molar-refractivity contribution in [2.24, 2.45) is 5.92 Å². The van der Waals surface area contributed by atoms with E-state index >= 15 is 0 Å². The Hall–Kier alpha value is -0.970. The van der Waals surface area contributed by atoms with Gasteiger partial charge in [0.2, 0.25) is 5.91 Å². The Bertz CT molecular complexity index is 217. The molecule has 0 radical (unpaired) electrons. The Labute approximate surface area is 80.1 Å². The summed E-state index contributed by atoms with van der Waals surface area (Å²) in [5, 5.41) is 2.99. The molecule has 2 atom stereocenters. The molecule has 0 heterocycles. The first kappa shape index (κ1) is 10.1. The van der Waals surface area contributed by atoms with Crippen molar-refractivity contribution in [2.45, 2.75) is 45.1 Å². The summed E-state index contributed by atoms with van der Waals surface area (Å²) < 4.78 is 0. The van der Waals surface area contributed by atoms with Gasteiger partial charge in [0.15, 0.2) is 0 Å². The molecule has 1 amide bonds. The molecule has 0 aromatic carbocycles. The summed E-state index contributed by atoms with van der Waals surface area (Å²) in [7, 11) is 0. The van der Waals surface area contributed by atoms with Crippen molar-refractivity contribution in [1.82, 2.24) is 5.32 Å². The van der Waals surface area contributed by atoms with Crippen molar-refractivity contribution >= 4 is 5.91 Å². The van der Waals surface area contributed by atoms with Crippen LogP contribution in [0.2, 0.25) is 0 Å². The first-order valence-electron chi connectivity index (χ1n) is 4.97. The monoisotopic (exact) mass is 179 g/mol. The zero-order valence-electron chi connectivity index (χ0n) is 8.18. The summed E-state index contributed by atoms with van der Waals surface area (Å²) >= 11 is 0. The van der Waals surface area contributed by atoms with Gasteiger partial charge in [0, 0.05) is 6.04 Å². The van der Waals surface area contributed by atoms with Crippen LogP contribution >= 0.6 is 0 Å². The van der Waals surface area contributed by atoms with E-state index in [4.69, 9.17) is 6.42 Å². The first-order chi connectivity index (χ1) is 6.24. The molecule has 2 heteroatoms. The number of carbonyl (C=O) groups is 1. The van der Waals surface area contributed by atoms with Crippen molar-refractivity contribution < 1.29 is 4.79 Å². The standard InChI is InChI=1S/C11H17NO/c1-3-6-11(13)12-10-8-5-4-7-9(10)2/h1,9-10H,4-8H2,2H3,(H,12,13). The molecule has 2 unspecified atom stereocenters. The number of hydrogen-bond donors (Lipinski definition) is 1. The van der Waals surface area contributed by atoms with Gasteiger partial charge in [0.1, 0.15) is 0 Å². The van der Waals surface area contributed by atoms with Gasteiger partial charge in [-0.3, -0.25) is 4.79 Å². The van der Waals surface area contributed by atoms with E-state index in [2.05, 4.69) is 18.2 Å². The number of terminal acetylenes is 1. The van der Waals surface area contributed by atoms with Gasteiger partial charge < -0.3 is 5.32 Å². The Kier molecular flexibility index (Phi) is 3.82. The zero-order chi connectivity index (χ0) is 9.68. The molecule has 2 nitrogen and oxygen atoms in total. The van der Waals surface area contributed by atoms with Crippen molar-refractivity contribution in [3.05, 3.63) is 0 Å². The van der Waals surface area contributed by atoms with Crippen molar-refractivity contribution in [3.8, 4) is 12.3 Å². The van der Waals surface area contributed by atoms with Crippen LogP contribution in [0.3, 0.4) is 0 Å². The van der Waals surface area contributed by atoms with Crippen LogP contribution in [0.1, 0.15) is 39.0 Å². The van der Waals surface area contributed by atoms with Crippen LogP contribution in [0.15, 0.2) is 0 Å². The Morgan fingerprint density at radius 3 is 2.85 bits per heavy atom. The fourth-order valence-corrected chi connectivity index (χ4v) is 1.88. The summed E-state index contributed by atoms with van der Waals surface area (Å²) in [6.07, 6.45) is 10.1. The molecule has 1 saturated carbocycles. The van der Waals surface area contributed by atoms with Crippen LogP contribution in [0.25, 0.3) is 0 Å². The van der Waals surface area contributed by atoms with E-state index in [9.17, 15) is 4.79 Å². The van der Waals surface area contributed by atoms with Crippen LogP contribution in [-0.2, 0) is 4.79 Å². The van der Waals surface area contributed by atoms with Crippen LogP contribution < -0.4 is 5.32 Å². The van der Waals surface area contributed by atoms with Gasteiger partial charge in [-0.1, -0.05) is 25.7 Å². The highest BCUT2D eigenvalue weighted by molar-refractivity contribution is 5.78. The van der Waals surface area contributed by atoms with E-state index in [0.29, 0.717) is 12.0 Å². The number of rotatable bonds is 2. The van der Waals surface area contributed by atoms with Crippen LogP contribution in [0, 0.1) is 18.3 Å². The predicted molar refractivity (Wildman–Crippen MR) is 53.0 cm³/mol. The molecule has 72 valence electrons. The van der Waals surface area contributed by atoms with E-state index < -0.39 is 0 Å². The molecule has 1 aliphatic rings. The largest absolute Gasteiger partial charge is 0.352 e. The third-order valence-corrected chi connectivity index (χ3v) is 2.72. The molecule has 1 N–H and O–H groups in total. The SMILES string of the molecule is C#CCC(=O)NC1CCCCC1C. The molecule has 0 bridgehead atoms. The minimum absolute atomic E-state index is 0.00116. The van der Waals surface area contributed by atoms with Gasteiger partial charge >= 0.3 is 0 Å². The Balaban J connectivity index is 2.34. The number of hydrogen-bond acceptors (Lipinski definition) is 1. The average Bonchev–Trinajstić information content (AvgIpc) is 2.09. The maximum absolute atomic E-state index is 11.2. The highest BCUT2D eigenvalue weighted by Gasteiger charge is 2.22. The highest BCUT2D eigenvalue weighted by Crippen LogP contribution is 2.23. The van der Waals surface area contributed by atoms with E-state index in [-0.39, 0.29) is 12.3 Å². The molecule has 0 spiro atoms. The Morgan fingerprint density at radius 1 is 1.54 bits per heavy atom. The third-order valence-electron chi connectivity index (χ3n) is 2.72. The summed E-state index contributed by atoms with van der Waals surface area (Å²) in [4.78, 5) is 11.2. The van der Waals surface area contributed by atoms with Crippen molar-refractivity contribution in [1.29, 1.82) is 0 Å². The van der Waals surface area contributed by atoms with Gasteiger partial charge in [0.05, 0.1) is 6.42 Å². The fraction of sp³-hybridized carbons (Fsp3) is 0.727. The molecule has 0 aromatic heterocycles. The van der Waals surface area contributed by atoms with E-state index in [1.54, 1.807) is 0 Å². The molecule has 0 aromatic rings. The summed E-state index contributed by atoms with van der Waals surface area (Å²) in [5.41, 5.74) is 0. The van der Waals surface area contributed by atoms with Crippen LogP contribution in [0.4, 0.5) is 0 Å². The molecule has 0 aliphatic heterocycles. The number of carbonyl (C=O) groups excluding carboxylic acids is 1. The lowest BCUT2D eigenvalue weighted by Crippen LogP contribution is -2.40. The topological polar surface area (TPSA) is 29.1 Å². The second-order valence-corrected chi connectivity index (χ2v) is 3.82. The first-order valence-corrected chi connectivity index (χ1v) is 4.97. The molecule has 1 aliphatic carbocycles. The molecule has 1 rings (SSSR count). The highest BCUT2D eigenvalue weighted by atomic mass is 16.1. The number of nitrogens with one attached hydrogen (secondary N) is 1. The molecular formula is C11H17NO. The van der Waals surface area contributed by atoms with Crippen LogP contribution in [0.5, 0.6) is 0 Å². The van der Waals surface area contributed by atoms with E-state index in [1.807, 2.05) is 0 Å². The maximum Gasteiger partial charge on any atom is 0.232 e. The lowest BCUT2D eigenvalue weighted by molar-refractivity contribution is -0.121. The lowest BCUT2D eigenvalue weighted by Gasteiger charge is -2.29. The fourth-order valence-electron chi connectivity index (χ4n) is 1.88. The van der Waals surface area contributed by atoms with E-state index in [0.717, 1.165) is 6.42 Å². The van der Waals surface area contributed by atoms with Crippen molar-refractivity contribution in [3.63, 3.8) is 0 Å².